The molecule has 1 saturated heterocycles. The van der Waals surface area contributed by atoms with Crippen LogP contribution in [-0.2, 0) is 19.9 Å². The maximum Gasteiger partial charge on any atom is 0.243 e. The second kappa shape index (κ2) is 6.78. The van der Waals surface area contributed by atoms with Crippen molar-refractivity contribution in [1.29, 1.82) is 0 Å². The molecule has 0 N–H and O–H groups in total. The summed E-state index contributed by atoms with van der Waals surface area (Å²) in [7, 11) is -5.39. The summed E-state index contributed by atoms with van der Waals surface area (Å²) in [6, 6.07) is 5.67. The Kier molecular flexibility index (Phi) is 5.37. The fourth-order valence-electron chi connectivity index (χ4n) is 2.69. The molecule has 0 radical (unpaired) electrons. The molecule has 1 fully saturated rings. The average Bonchev–Trinajstić information content (AvgIpc) is 2.84. The normalized spacial score (nSPS) is 21.0. The summed E-state index contributed by atoms with van der Waals surface area (Å²) in [5, 5.41) is 0. The molecule has 0 aromatic heterocycles. The summed E-state index contributed by atoms with van der Waals surface area (Å²) < 4.78 is 55.8. The van der Waals surface area contributed by atoms with Crippen molar-refractivity contribution in [1.82, 2.24) is 4.31 Å². The molecule has 1 aliphatic heterocycles. The lowest BCUT2D eigenvalue weighted by atomic mass is 10.2. The summed E-state index contributed by atoms with van der Waals surface area (Å²) in [6.07, 6.45) is 0.352. The van der Waals surface area contributed by atoms with Crippen molar-refractivity contribution in [2.75, 3.05) is 25.2 Å². The summed E-state index contributed by atoms with van der Waals surface area (Å²) in [5.74, 6) is 0.619. The van der Waals surface area contributed by atoms with Crippen LogP contribution in [-0.4, -0.2) is 52.3 Å². The second-order valence-corrected chi connectivity index (χ2v) is 10.3. The Labute approximate surface area is 138 Å². The van der Waals surface area contributed by atoms with Crippen LogP contribution in [0.1, 0.15) is 20.3 Å². The number of hydrogen-bond donors (Lipinski definition) is 0. The molecule has 130 valence electrons. The molecule has 0 saturated carbocycles. The zero-order valence-corrected chi connectivity index (χ0v) is 15.2. The molecule has 0 amide bonds. The molecule has 1 atom stereocenters. The fourth-order valence-corrected chi connectivity index (χ4v) is 6.33. The fraction of sp³-hybridized carbons (Fsp3) is 0.600. The van der Waals surface area contributed by atoms with Crippen LogP contribution in [0.25, 0.3) is 0 Å². The third-order valence-corrected chi connectivity index (χ3v) is 7.51. The highest BCUT2D eigenvalue weighted by Crippen LogP contribution is 2.27. The van der Waals surface area contributed by atoms with E-state index in [0.717, 1.165) is 0 Å². The molecule has 0 bridgehead atoms. The van der Waals surface area contributed by atoms with Crippen molar-refractivity contribution in [2.24, 2.45) is 5.92 Å². The van der Waals surface area contributed by atoms with Gasteiger partial charge in [0, 0.05) is 12.6 Å². The van der Waals surface area contributed by atoms with Crippen LogP contribution in [0.15, 0.2) is 29.2 Å². The smallest absolute Gasteiger partial charge is 0.243 e. The number of sulfone groups is 1. The summed E-state index contributed by atoms with van der Waals surface area (Å²) >= 11 is 0. The van der Waals surface area contributed by atoms with Crippen molar-refractivity contribution < 1.29 is 21.6 Å². The molecule has 23 heavy (non-hydrogen) atoms. The van der Waals surface area contributed by atoms with Crippen molar-refractivity contribution in [3.8, 4) is 5.75 Å². The molecule has 8 heteroatoms. The molecule has 2 rings (SSSR count). The van der Waals surface area contributed by atoms with E-state index in [-0.39, 0.29) is 22.3 Å². The van der Waals surface area contributed by atoms with Gasteiger partial charge in [0.05, 0.1) is 23.5 Å². The monoisotopic (exact) mass is 361 g/mol. The molecule has 0 aliphatic carbocycles. The van der Waals surface area contributed by atoms with Gasteiger partial charge in [-0.25, -0.2) is 16.8 Å². The SMILES string of the molecule is COc1ccc(S(=O)(=O)N(CC(C)C)[C@@H]2CCS(=O)(=O)C2)cc1. The van der Waals surface area contributed by atoms with E-state index in [2.05, 4.69) is 0 Å². The lowest BCUT2D eigenvalue weighted by Gasteiger charge is -2.29. The summed E-state index contributed by atoms with van der Waals surface area (Å²) in [5.41, 5.74) is 0. The van der Waals surface area contributed by atoms with Gasteiger partial charge in [0.15, 0.2) is 9.84 Å². The van der Waals surface area contributed by atoms with E-state index in [4.69, 9.17) is 4.74 Å². The van der Waals surface area contributed by atoms with Gasteiger partial charge >= 0.3 is 0 Å². The number of sulfonamides is 1. The van der Waals surface area contributed by atoms with Gasteiger partial charge < -0.3 is 4.74 Å². The van der Waals surface area contributed by atoms with Crippen molar-refractivity contribution in [3.05, 3.63) is 24.3 Å². The Bertz CT molecular complexity index is 739. The minimum absolute atomic E-state index is 0.0460. The maximum atomic E-state index is 13.0. The number of nitrogens with zero attached hydrogens (tertiary/aromatic N) is 1. The largest absolute Gasteiger partial charge is 0.497 e. The van der Waals surface area contributed by atoms with Crippen molar-refractivity contribution >= 4 is 19.9 Å². The minimum atomic E-state index is -3.74. The van der Waals surface area contributed by atoms with E-state index in [9.17, 15) is 16.8 Å². The molecule has 1 heterocycles. The van der Waals surface area contributed by atoms with Gasteiger partial charge in [-0.15, -0.1) is 0 Å². The summed E-state index contributed by atoms with van der Waals surface area (Å²) in [4.78, 5) is 0.156. The van der Waals surface area contributed by atoms with Crippen LogP contribution in [0.4, 0.5) is 0 Å². The zero-order chi connectivity index (χ0) is 17.3. The first-order chi connectivity index (χ1) is 10.7. The number of ether oxygens (including phenoxy) is 1. The highest BCUT2D eigenvalue weighted by atomic mass is 32.2. The average molecular weight is 361 g/mol. The Morgan fingerprint density at radius 3 is 2.30 bits per heavy atom. The quantitative estimate of drug-likeness (QED) is 0.767. The molecule has 1 aromatic rings. The van der Waals surface area contributed by atoms with Gasteiger partial charge in [-0.05, 0) is 36.6 Å². The highest BCUT2D eigenvalue weighted by molar-refractivity contribution is 7.92. The lowest BCUT2D eigenvalue weighted by Crippen LogP contribution is -2.43. The van der Waals surface area contributed by atoms with E-state index < -0.39 is 25.9 Å². The Morgan fingerprint density at radius 1 is 1.26 bits per heavy atom. The van der Waals surface area contributed by atoms with Gasteiger partial charge in [0.2, 0.25) is 10.0 Å². The van der Waals surface area contributed by atoms with Gasteiger partial charge in [-0.1, -0.05) is 13.8 Å². The van der Waals surface area contributed by atoms with Crippen LogP contribution in [0.3, 0.4) is 0 Å². The van der Waals surface area contributed by atoms with Crippen molar-refractivity contribution in [2.45, 2.75) is 31.2 Å². The van der Waals surface area contributed by atoms with Crippen LogP contribution in [0, 0.1) is 5.92 Å². The molecule has 1 aromatic carbocycles. The maximum absolute atomic E-state index is 13.0. The topological polar surface area (TPSA) is 80.8 Å². The molecule has 0 unspecified atom stereocenters. The van der Waals surface area contributed by atoms with Gasteiger partial charge in [-0.3, -0.25) is 0 Å². The standard InChI is InChI=1S/C15H23NO5S2/c1-12(2)10-16(13-8-9-22(17,18)11-13)23(19,20)15-6-4-14(21-3)5-7-15/h4-7,12-13H,8-11H2,1-3H3/t13-/m1/s1. The van der Waals surface area contributed by atoms with E-state index in [1.807, 2.05) is 13.8 Å². The second-order valence-electron chi connectivity index (χ2n) is 6.20. The van der Waals surface area contributed by atoms with Gasteiger partial charge in [0.1, 0.15) is 5.75 Å². The van der Waals surface area contributed by atoms with Crippen LogP contribution in [0.2, 0.25) is 0 Å². The van der Waals surface area contributed by atoms with Crippen LogP contribution in [0.5, 0.6) is 5.75 Å². The minimum Gasteiger partial charge on any atom is -0.497 e. The van der Waals surface area contributed by atoms with E-state index in [0.29, 0.717) is 18.7 Å². The van der Waals surface area contributed by atoms with E-state index >= 15 is 0 Å². The van der Waals surface area contributed by atoms with E-state index in [1.165, 1.54) is 23.5 Å². The predicted molar refractivity (Wildman–Crippen MR) is 88.8 cm³/mol. The Balaban J connectivity index is 2.36. The molecule has 0 spiro atoms. The number of hydrogen-bond acceptors (Lipinski definition) is 5. The number of benzene rings is 1. The first kappa shape index (κ1) is 18.2. The van der Waals surface area contributed by atoms with E-state index in [1.54, 1.807) is 12.1 Å². The highest BCUT2D eigenvalue weighted by Gasteiger charge is 2.38. The zero-order valence-electron chi connectivity index (χ0n) is 13.6. The number of methoxy groups -OCH3 is 1. The first-order valence-electron chi connectivity index (χ1n) is 7.52. The van der Waals surface area contributed by atoms with Crippen LogP contribution < -0.4 is 4.74 Å². The van der Waals surface area contributed by atoms with Gasteiger partial charge in [-0.2, -0.15) is 4.31 Å². The third-order valence-electron chi connectivity index (χ3n) is 3.83. The van der Waals surface area contributed by atoms with Crippen molar-refractivity contribution in [3.63, 3.8) is 0 Å². The predicted octanol–water partition coefficient (Wildman–Crippen LogP) is 1.53. The molecule has 6 nitrogen and oxygen atoms in total. The number of rotatable bonds is 6. The third kappa shape index (κ3) is 4.24. The Hall–Kier alpha value is -1.12. The first-order valence-corrected chi connectivity index (χ1v) is 10.8. The summed E-state index contributed by atoms with van der Waals surface area (Å²) in [6.45, 7) is 4.13. The Morgan fingerprint density at radius 2 is 1.87 bits per heavy atom. The molecule has 1 aliphatic rings. The van der Waals surface area contributed by atoms with Gasteiger partial charge in [0.25, 0.3) is 0 Å². The van der Waals surface area contributed by atoms with Crippen LogP contribution >= 0.6 is 0 Å². The molecular weight excluding hydrogens is 338 g/mol. The lowest BCUT2D eigenvalue weighted by molar-refractivity contribution is 0.307. The molecular formula is C15H23NO5S2.